The summed E-state index contributed by atoms with van der Waals surface area (Å²) in [6.45, 7) is 0. The summed E-state index contributed by atoms with van der Waals surface area (Å²) in [5.41, 5.74) is 0.669. The molecule has 3 nitrogen and oxygen atoms in total. The third-order valence-corrected chi connectivity index (χ3v) is 4.31. The van der Waals surface area contributed by atoms with Gasteiger partial charge in [-0.15, -0.1) is 0 Å². The lowest BCUT2D eigenvalue weighted by molar-refractivity contribution is -0.100. The number of aliphatic hydroxyl groups excluding tert-OH is 1. The summed E-state index contributed by atoms with van der Waals surface area (Å²) in [6, 6.07) is 5.68. The number of benzene rings is 1. The highest BCUT2D eigenvalue weighted by molar-refractivity contribution is 9.10. The Kier molecular flexibility index (Phi) is 4.30. The van der Waals surface area contributed by atoms with Crippen molar-refractivity contribution in [2.45, 2.75) is 37.4 Å². The van der Waals surface area contributed by atoms with Crippen molar-refractivity contribution in [2.24, 2.45) is 0 Å². The molecule has 1 saturated carbocycles. The predicted octanol–water partition coefficient (Wildman–Crippen LogP) is 3.45. The lowest BCUT2D eigenvalue weighted by Gasteiger charge is -2.42. The van der Waals surface area contributed by atoms with Crippen molar-refractivity contribution in [3.63, 3.8) is 0 Å². The first kappa shape index (κ1) is 13.8. The van der Waals surface area contributed by atoms with Crippen LogP contribution in [0.2, 0.25) is 0 Å². The van der Waals surface area contributed by atoms with E-state index >= 15 is 0 Å². The number of hydrogen-bond acceptors (Lipinski definition) is 3. The Morgan fingerprint density at radius 3 is 2.61 bits per heavy atom. The van der Waals surface area contributed by atoms with Crippen LogP contribution in [0.1, 0.15) is 37.4 Å². The Morgan fingerprint density at radius 2 is 2.11 bits per heavy atom. The number of methoxy groups -OCH3 is 2. The van der Waals surface area contributed by atoms with Gasteiger partial charge >= 0.3 is 0 Å². The third-order valence-electron chi connectivity index (χ3n) is 3.81. The number of aliphatic hydroxyl groups is 1. The van der Waals surface area contributed by atoms with E-state index in [1.54, 1.807) is 14.2 Å². The molecule has 1 aliphatic carbocycles. The minimum Gasteiger partial charge on any atom is -0.496 e. The largest absolute Gasteiger partial charge is 0.496 e. The van der Waals surface area contributed by atoms with Gasteiger partial charge in [-0.25, -0.2) is 0 Å². The first-order valence-corrected chi connectivity index (χ1v) is 6.96. The molecule has 1 N–H and O–H groups in total. The molecule has 18 heavy (non-hydrogen) atoms. The Hall–Kier alpha value is -0.580. The molecule has 100 valence electrons. The van der Waals surface area contributed by atoms with Crippen LogP contribution in [0.3, 0.4) is 0 Å². The van der Waals surface area contributed by atoms with Gasteiger partial charge in [-0.05, 0) is 37.5 Å². The van der Waals surface area contributed by atoms with Gasteiger partial charge in [0, 0.05) is 23.6 Å². The fourth-order valence-electron chi connectivity index (χ4n) is 2.49. The van der Waals surface area contributed by atoms with Crippen molar-refractivity contribution in [1.29, 1.82) is 0 Å². The second kappa shape index (κ2) is 5.59. The van der Waals surface area contributed by atoms with E-state index in [-0.39, 0.29) is 5.60 Å². The highest BCUT2D eigenvalue weighted by atomic mass is 79.9. The van der Waals surface area contributed by atoms with E-state index in [4.69, 9.17) is 9.47 Å². The van der Waals surface area contributed by atoms with Crippen molar-refractivity contribution in [3.8, 4) is 5.75 Å². The maximum atomic E-state index is 10.4. The van der Waals surface area contributed by atoms with Gasteiger partial charge in [0.25, 0.3) is 0 Å². The molecule has 0 amide bonds. The Labute approximate surface area is 116 Å². The zero-order chi connectivity index (χ0) is 13.2. The van der Waals surface area contributed by atoms with Gasteiger partial charge in [0.2, 0.25) is 0 Å². The Bertz CT molecular complexity index is 410. The van der Waals surface area contributed by atoms with Crippen molar-refractivity contribution < 1.29 is 14.6 Å². The van der Waals surface area contributed by atoms with Crippen molar-refractivity contribution in [2.75, 3.05) is 14.2 Å². The zero-order valence-electron chi connectivity index (χ0n) is 10.8. The topological polar surface area (TPSA) is 38.7 Å². The van der Waals surface area contributed by atoms with Crippen molar-refractivity contribution in [3.05, 3.63) is 28.2 Å². The van der Waals surface area contributed by atoms with Crippen molar-refractivity contribution >= 4 is 15.9 Å². The zero-order valence-corrected chi connectivity index (χ0v) is 12.4. The molecule has 1 atom stereocenters. The quantitative estimate of drug-likeness (QED) is 0.904. The van der Waals surface area contributed by atoms with Crippen LogP contribution in [-0.4, -0.2) is 24.9 Å². The standard InChI is InChI=1S/C14H19BrO3/c1-17-13-5-4-10(15)8-11(13)12(16)9-14(18-2)6-3-7-14/h4-5,8,12,16H,3,6-7,9H2,1-2H3. The molecule has 0 bridgehead atoms. The number of ether oxygens (including phenoxy) is 2. The van der Waals surface area contributed by atoms with E-state index in [9.17, 15) is 5.11 Å². The van der Waals surface area contributed by atoms with Gasteiger partial charge < -0.3 is 14.6 Å². The second-order valence-corrected chi connectivity index (χ2v) is 5.76. The Balaban J connectivity index is 2.17. The fraction of sp³-hybridized carbons (Fsp3) is 0.571. The van der Waals surface area contributed by atoms with E-state index in [1.807, 2.05) is 18.2 Å². The van der Waals surface area contributed by atoms with Gasteiger partial charge in [-0.2, -0.15) is 0 Å². The molecular weight excluding hydrogens is 296 g/mol. The number of hydrogen-bond donors (Lipinski definition) is 1. The molecule has 4 heteroatoms. The summed E-state index contributed by atoms with van der Waals surface area (Å²) in [7, 11) is 3.35. The summed E-state index contributed by atoms with van der Waals surface area (Å²) in [4.78, 5) is 0. The monoisotopic (exact) mass is 314 g/mol. The van der Waals surface area contributed by atoms with Crippen LogP contribution in [-0.2, 0) is 4.74 Å². The van der Waals surface area contributed by atoms with E-state index in [0.717, 1.165) is 28.6 Å². The van der Waals surface area contributed by atoms with E-state index in [0.29, 0.717) is 6.42 Å². The van der Waals surface area contributed by atoms with Crippen LogP contribution in [0.25, 0.3) is 0 Å². The van der Waals surface area contributed by atoms with Crippen LogP contribution in [0.4, 0.5) is 0 Å². The maximum absolute atomic E-state index is 10.4. The third kappa shape index (κ3) is 2.71. The lowest BCUT2D eigenvalue weighted by atomic mass is 9.75. The van der Waals surface area contributed by atoms with Crippen molar-refractivity contribution in [1.82, 2.24) is 0 Å². The fourth-order valence-corrected chi connectivity index (χ4v) is 2.87. The summed E-state index contributed by atoms with van der Waals surface area (Å²) in [6.07, 6.45) is 3.29. The minimum absolute atomic E-state index is 0.146. The van der Waals surface area contributed by atoms with Crippen LogP contribution in [0.5, 0.6) is 5.75 Å². The molecule has 1 aromatic carbocycles. The molecule has 1 fully saturated rings. The normalized spacial score (nSPS) is 19.1. The average molecular weight is 315 g/mol. The molecule has 0 spiro atoms. The first-order chi connectivity index (χ1) is 8.60. The molecule has 1 aromatic rings. The predicted molar refractivity (Wildman–Crippen MR) is 73.9 cm³/mol. The summed E-state index contributed by atoms with van der Waals surface area (Å²) in [5.74, 6) is 0.719. The molecule has 0 aliphatic heterocycles. The first-order valence-electron chi connectivity index (χ1n) is 6.17. The van der Waals surface area contributed by atoms with Gasteiger partial charge in [0.15, 0.2) is 0 Å². The highest BCUT2D eigenvalue weighted by Crippen LogP contribution is 2.43. The van der Waals surface area contributed by atoms with Gasteiger partial charge in [-0.1, -0.05) is 15.9 Å². The molecule has 1 aliphatic rings. The molecular formula is C14H19BrO3. The van der Waals surface area contributed by atoms with E-state index in [2.05, 4.69) is 15.9 Å². The number of halogens is 1. The molecule has 0 aromatic heterocycles. The molecule has 2 rings (SSSR count). The van der Waals surface area contributed by atoms with Crippen LogP contribution >= 0.6 is 15.9 Å². The summed E-state index contributed by atoms with van der Waals surface area (Å²) in [5, 5.41) is 10.4. The molecule has 0 heterocycles. The average Bonchev–Trinajstić information content (AvgIpc) is 2.33. The number of rotatable bonds is 5. The smallest absolute Gasteiger partial charge is 0.124 e. The van der Waals surface area contributed by atoms with Crippen LogP contribution < -0.4 is 4.74 Å². The molecule has 0 radical (unpaired) electrons. The van der Waals surface area contributed by atoms with Crippen LogP contribution in [0.15, 0.2) is 22.7 Å². The van der Waals surface area contributed by atoms with E-state index in [1.165, 1.54) is 6.42 Å². The van der Waals surface area contributed by atoms with Gasteiger partial charge in [0.1, 0.15) is 5.75 Å². The van der Waals surface area contributed by atoms with Crippen LogP contribution in [0, 0.1) is 0 Å². The van der Waals surface area contributed by atoms with Gasteiger partial charge in [-0.3, -0.25) is 0 Å². The highest BCUT2D eigenvalue weighted by Gasteiger charge is 2.39. The van der Waals surface area contributed by atoms with E-state index < -0.39 is 6.10 Å². The minimum atomic E-state index is -0.558. The lowest BCUT2D eigenvalue weighted by Crippen LogP contribution is -2.40. The maximum Gasteiger partial charge on any atom is 0.124 e. The Morgan fingerprint density at radius 1 is 1.39 bits per heavy atom. The SMILES string of the molecule is COc1ccc(Br)cc1C(O)CC1(OC)CCC1. The summed E-state index contributed by atoms with van der Waals surface area (Å²) < 4.78 is 11.8. The van der Waals surface area contributed by atoms with Gasteiger partial charge in [0.05, 0.1) is 18.8 Å². The molecule has 0 saturated heterocycles. The summed E-state index contributed by atoms with van der Waals surface area (Å²) >= 11 is 3.42. The molecule has 1 unspecified atom stereocenters. The second-order valence-electron chi connectivity index (χ2n) is 4.85.